The number of ether oxygens (including phenoxy) is 3. The molecule has 0 rings (SSSR count). The summed E-state index contributed by atoms with van der Waals surface area (Å²) in [5, 5.41) is 53.5. The fourth-order valence-corrected chi connectivity index (χ4v) is 1.26. The van der Waals surface area contributed by atoms with Crippen LogP contribution >= 0.6 is 0 Å². The Bertz CT molecular complexity index is 649. The first-order valence-corrected chi connectivity index (χ1v) is 9.28. The minimum atomic E-state index is -1.37. The molecule has 18 nitrogen and oxygen atoms in total. The summed E-state index contributed by atoms with van der Waals surface area (Å²) < 4.78 is 12.4. The maximum atomic E-state index is 10.5. The van der Waals surface area contributed by atoms with Gasteiger partial charge in [0.05, 0.1) is 19.3 Å². The standard InChI is InChI=1S/3C6H8O6.3Na/c3*7-4(8)1-2-6(11)12-3-5(9)10;;;/h3*1-3H2,(H,7,8)(H,9,10);;;/q;;;3*+1/p-3. The first-order chi connectivity index (χ1) is 16.6. The van der Waals surface area contributed by atoms with Crippen molar-refractivity contribution in [3.05, 3.63) is 0 Å². The van der Waals surface area contributed by atoms with Crippen molar-refractivity contribution < 1.29 is 177 Å². The summed E-state index contributed by atoms with van der Waals surface area (Å²) in [5.74, 6) is -10.5. The van der Waals surface area contributed by atoms with Crippen LogP contribution in [-0.2, 0) is 57.4 Å². The van der Waals surface area contributed by atoms with Crippen molar-refractivity contribution in [2.24, 2.45) is 0 Å². The van der Waals surface area contributed by atoms with Crippen LogP contribution in [0.5, 0.6) is 0 Å². The normalized spacial score (nSPS) is 8.31. The molecule has 0 atom stereocenters. The monoisotopic (exact) mass is 594 g/mol. The third-order valence-electron chi connectivity index (χ3n) is 2.67. The zero-order valence-electron chi connectivity index (χ0n) is 21.3. The molecule has 3 N–H and O–H groups in total. The van der Waals surface area contributed by atoms with Gasteiger partial charge in [-0.2, -0.15) is 0 Å². The summed E-state index contributed by atoms with van der Waals surface area (Å²) in [5.41, 5.74) is 0. The Kier molecular flexibility index (Phi) is 41.7. The van der Waals surface area contributed by atoms with Crippen molar-refractivity contribution in [2.75, 3.05) is 19.8 Å². The van der Waals surface area contributed by atoms with Gasteiger partial charge in [-0.15, -0.1) is 0 Å². The number of carbonyl (C=O) groups excluding carboxylic acids is 6. The maximum Gasteiger partial charge on any atom is 1.00 e. The molecule has 204 valence electrons. The molecule has 0 aliphatic rings. The molecule has 0 aliphatic carbocycles. The fourth-order valence-electron chi connectivity index (χ4n) is 1.26. The molecular formula is C18H21Na3O18. The molecule has 21 heteroatoms. The molecule has 0 unspecified atom stereocenters. The zero-order chi connectivity index (χ0) is 28.7. The van der Waals surface area contributed by atoms with Crippen molar-refractivity contribution >= 4 is 53.7 Å². The molecule has 0 aliphatic heterocycles. The smallest absolute Gasteiger partial charge is 0.550 e. The minimum Gasteiger partial charge on any atom is -0.550 e. The van der Waals surface area contributed by atoms with Gasteiger partial charge in [0.25, 0.3) is 0 Å². The van der Waals surface area contributed by atoms with Crippen LogP contribution in [-0.4, -0.2) is 88.9 Å². The number of aliphatic carboxylic acids is 6. The molecule has 0 aromatic carbocycles. The van der Waals surface area contributed by atoms with E-state index >= 15 is 0 Å². The Hall–Kier alpha value is -1.77. The predicted molar refractivity (Wildman–Crippen MR) is 98.5 cm³/mol. The van der Waals surface area contributed by atoms with Gasteiger partial charge >= 0.3 is 124 Å². The Morgan fingerprint density at radius 1 is 0.410 bits per heavy atom. The Morgan fingerprint density at radius 2 is 0.590 bits per heavy atom. The van der Waals surface area contributed by atoms with Crippen molar-refractivity contribution in [3.63, 3.8) is 0 Å². The number of hydrogen-bond acceptors (Lipinski definition) is 15. The molecular weight excluding hydrogens is 573 g/mol. The topological polar surface area (TPSA) is 311 Å². The first kappa shape index (κ1) is 50.1. The van der Waals surface area contributed by atoms with E-state index in [1.165, 1.54) is 0 Å². The van der Waals surface area contributed by atoms with E-state index in [2.05, 4.69) is 14.2 Å². The van der Waals surface area contributed by atoms with Crippen molar-refractivity contribution in [3.8, 4) is 0 Å². The SMILES string of the molecule is O=C([O-])CCC(=O)OCC(=O)O.O=C([O-])CCC(=O)OCC(=O)O.O=C([O-])CCC(=O)OCC(=O)O.[Na+].[Na+].[Na+]. The summed E-state index contributed by atoms with van der Waals surface area (Å²) in [6.07, 6.45) is -2.48. The summed E-state index contributed by atoms with van der Waals surface area (Å²) >= 11 is 0. The van der Waals surface area contributed by atoms with Gasteiger partial charge in [0.2, 0.25) is 0 Å². The largest absolute Gasteiger partial charge is 1.00 e. The number of carboxylic acids is 6. The van der Waals surface area contributed by atoms with Gasteiger partial charge in [-0.25, -0.2) is 14.4 Å². The molecule has 0 amide bonds. The third kappa shape index (κ3) is 53.3. The molecule has 0 saturated carbocycles. The number of rotatable bonds is 15. The number of esters is 3. The van der Waals surface area contributed by atoms with Crippen LogP contribution in [0.25, 0.3) is 0 Å². The van der Waals surface area contributed by atoms with Gasteiger partial charge in [-0.05, 0) is 19.3 Å². The van der Waals surface area contributed by atoms with Crippen molar-refractivity contribution in [2.45, 2.75) is 38.5 Å². The van der Waals surface area contributed by atoms with Crippen molar-refractivity contribution in [1.82, 2.24) is 0 Å². The van der Waals surface area contributed by atoms with Gasteiger partial charge in [0, 0.05) is 17.9 Å². The summed E-state index contributed by atoms with van der Waals surface area (Å²) in [6.45, 7) is -2.23. The van der Waals surface area contributed by atoms with Crippen molar-refractivity contribution in [1.29, 1.82) is 0 Å². The molecule has 39 heavy (non-hydrogen) atoms. The van der Waals surface area contributed by atoms with Crippen LogP contribution in [0.15, 0.2) is 0 Å². The Balaban J connectivity index is -0.000000101. The average molecular weight is 594 g/mol. The third-order valence-corrected chi connectivity index (χ3v) is 2.67. The molecule has 0 aromatic heterocycles. The first-order valence-electron chi connectivity index (χ1n) is 9.28. The zero-order valence-corrected chi connectivity index (χ0v) is 27.3. The van der Waals surface area contributed by atoms with Crippen LogP contribution < -0.4 is 104 Å². The van der Waals surface area contributed by atoms with Crippen LogP contribution in [0.3, 0.4) is 0 Å². The van der Waals surface area contributed by atoms with E-state index < -0.39 is 92.8 Å². The van der Waals surface area contributed by atoms with Crippen LogP contribution in [0, 0.1) is 0 Å². The second kappa shape index (κ2) is 32.4. The van der Waals surface area contributed by atoms with Gasteiger partial charge in [-0.1, -0.05) is 0 Å². The number of hydrogen-bond donors (Lipinski definition) is 3. The Morgan fingerprint density at radius 3 is 0.718 bits per heavy atom. The molecule has 0 radical (unpaired) electrons. The quantitative estimate of drug-likeness (QED) is 0.0900. The Labute approximate surface area is 286 Å². The van der Waals surface area contributed by atoms with Crippen LogP contribution in [0.2, 0.25) is 0 Å². The second-order valence-electron chi connectivity index (χ2n) is 5.78. The minimum absolute atomic E-state index is 0. The summed E-state index contributed by atoms with van der Waals surface area (Å²) in [7, 11) is 0. The fraction of sp³-hybridized carbons (Fsp3) is 0.500. The van der Waals surface area contributed by atoms with Gasteiger partial charge in [-0.3, -0.25) is 14.4 Å². The molecule has 0 saturated heterocycles. The predicted octanol–water partition coefficient (Wildman–Crippen LogP) is -14.6. The molecule has 0 bridgehead atoms. The van der Waals surface area contributed by atoms with E-state index in [-0.39, 0.29) is 108 Å². The molecule has 0 fully saturated rings. The molecule has 0 heterocycles. The van der Waals surface area contributed by atoms with E-state index in [1.54, 1.807) is 0 Å². The molecule has 0 spiro atoms. The number of carboxylic acid groups (broad SMARTS) is 6. The van der Waals surface area contributed by atoms with E-state index in [1.807, 2.05) is 0 Å². The summed E-state index contributed by atoms with van der Waals surface area (Å²) in [4.78, 5) is 90.4. The van der Waals surface area contributed by atoms with E-state index in [0.717, 1.165) is 0 Å². The molecule has 0 aromatic rings. The summed E-state index contributed by atoms with van der Waals surface area (Å²) in [6, 6.07) is 0. The number of carbonyl (C=O) groups is 9. The van der Waals surface area contributed by atoms with Gasteiger partial charge < -0.3 is 59.2 Å². The van der Waals surface area contributed by atoms with Gasteiger partial charge in [0.15, 0.2) is 19.8 Å². The van der Waals surface area contributed by atoms with Crippen LogP contribution in [0.4, 0.5) is 0 Å². The maximum absolute atomic E-state index is 10.5. The average Bonchev–Trinajstić information content (AvgIpc) is 2.76. The van der Waals surface area contributed by atoms with E-state index in [9.17, 15) is 58.5 Å². The van der Waals surface area contributed by atoms with Gasteiger partial charge in [0.1, 0.15) is 0 Å². The van der Waals surface area contributed by atoms with Crippen LogP contribution in [0.1, 0.15) is 38.5 Å². The van der Waals surface area contributed by atoms with E-state index in [4.69, 9.17) is 15.3 Å². The van der Waals surface area contributed by atoms with E-state index in [0.29, 0.717) is 0 Å². The second-order valence-corrected chi connectivity index (χ2v) is 5.78.